The van der Waals surface area contributed by atoms with E-state index >= 15 is 0 Å². The zero-order valence-corrected chi connectivity index (χ0v) is 34.5. The van der Waals surface area contributed by atoms with Crippen molar-refractivity contribution in [2.75, 3.05) is 19.8 Å². The lowest BCUT2D eigenvalue weighted by Gasteiger charge is -2.39. The smallest absolute Gasteiger partial charge is 0.303 e. The fraction of sp³-hybridized carbons (Fsp3) is 0.605. The molecule has 1 aromatic carbocycles. The van der Waals surface area contributed by atoms with Gasteiger partial charge in [-0.1, -0.05) is 30.7 Å². The highest BCUT2D eigenvalue weighted by Crippen LogP contribution is 2.43. The first-order valence-corrected chi connectivity index (χ1v) is 20.1. The number of hydrogen-bond donors (Lipinski definition) is 4. The van der Waals surface area contributed by atoms with E-state index in [0.29, 0.717) is 38.3 Å². The number of hydrazone groups is 1. The molecule has 0 unspecified atom stereocenters. The summed E-state index contributed by atoms with van der Waals surface area (Å²) in [5.41, 5.74) is 4.38. The Hall–Kier alpha value is -4.37. The van der Waals surface area contributed by atoms with Crippen molar-refractivity contribution in [2.24, 2.45) is 11.0 Å². The number of nitrogens with one attached hydrogen (secondary N) is 3. The maximum atomic E-state index is 13.0. The van der Waals surface area contributed by atoms with Gasteiger partial charge in [-0.2, -0.15) is 5.10 Å². The van der Waals surface area contributed by atoms with Gasteiger partial charge in [-0.15, -0.1) is 0 Å². The topological polar surface area (TPSA) is 186 Å². The predicted octanol–water partition coefficient (Wildman–Crippen LogP) is 4.59. The highest BCUT2D eigenvalue weighted by atomic mass is 16.6. The van der Waals surface area contributed by atoms with Gasteiger partial charge < -0.3 is 39.4 Å². The molecule has 3 heterocycles. The molecule has 3 aliphatic rings. The molecule has 1 spiro atoms. The van der Waals surface area contributed by atoms with E-state index in [1.807, 2.05) is 57.2 Å². The van der Waals surface area contributed by atoms with E-state index in [0.717, 1.165) is 42.6 Å². The average molecular weight is 795 g/mol. The zero-order chi connectivity index (χ0) is 41.5. The van der Waals surface area contributed by atoms with Crippen molar-refractivity contribution >= 4 is 29.4 Å². The summed E-state index contributed by atoms with van der Waals surface area (Å²) in [6, 6.07) is 7.38. The summed E-state index contributed by atoms with van der Waals surface area (Å²) < 4.78 is 29.1. The Kier molecular flexibility index (Phi) is 17.5. The molecule has 3 fully saturated rings. The number of carbonyl (C=O) groups is 4. The van der Waals surface area contributed by atoms with E-state index in [4.69, 9.17) is 23.7 Å². The SMILES string of the molecule is CC(=O)NCCCCCOc1ccc(/C(C)=N/NC(=O)C[C@@H]2C[C@@]3(CO3)[C@H](O)[C@@H](/C=C/C(C)=C/C[C@@H]3O[C@H](C)[C@H](NC(=O)/C=C\[C@H](C)OC(C)=O)C[C@@H]3C)O2)cc1. The maximum Gasteiger partial charge on any atom is 0.303 e. The Balaban J connectivity index is 1.21. The number of carbonyl (C=O) groups excluding carboxylic acids is 4. The molecule has 0 aliphatic carbocycles. The van der Waals surface area contributed by atoms with Crippen molar-refractivity contribution in [3.63, 3.8) is 0 Å². The average Bonchev–Trinajstić information content (AvgIpc) is 3.93. The lowest BCUT2D eigenvalue weighted by Crippen LogP contribution is -2.50. The quantitative estimate of drug-likeness (QED) is 0.0294. The molecule has 314 valence electrons. The third kappa shape index (κ3) is 15.1. The van der Waals surface area contributed by atoms with Crippen LogP contribution in [0.5, 0.6) is 5.75 Å². The summed E-state index contributed by atoms with van der Waals surface area (Å²) in [6.45, 7) is 14.1. The molecule has 0 bridgehead atoms. The number of unbranched alkanes of at least 4 members (excludes halogenated alkanes) is 2. The summed E-state index contributed by atoms with van der Waals surface area (Å²) in [6.07, 6.45) is 10.7. The van der Waals surface area contributed by atoms with Gasteiger partial charge in [0.25, 0.3) is 0 Å². The largest absolute Gasteiger partial charge is 0.494 e. The number of esters is 1. The molecule has 57 heavy (non-hydrogen) atoms. The molecule has 4 N–H and O–H groups in total. The molecule has 14 heteroatoms. The van der Waals surface area contributed by atoms with Crippen molar-refractivity contribution in [3.05, 3.63) is 65.8 Å². The first-order valence-electron chi connectivity index (χ1n) is 20.1. The van der Waals surface area contributed by atoms with Crippen LogP contribution in [0.25, 0.3) is 0 Å². The molecular weight excluding hydrogens is 732 g/mol. The number of allylic oxidation sites excluding steroid dienone is 2. The second kappa shape index (κ2) is 22.0. The number of ether oxygens (including phenoxy) is 5. The summed E-state index contributed by atoms with van der Waals surface area (Å²) in [7, 11) is 0. The summed E-state index contributed by atoms with van der Waals surface area (Å²) in [4.78, 5) is 47.5. The molecule has 3 saturated heterocycles. The number of hydrogen-bond acceptors (Lipinski definition) is 11. The number of nitrogens with zero attached hydrogens (tertiary/aromatic N) is 1. The number of epoxide rings is 1. The Morgan fingerprint density at radius 3 is 2.46 bits per heavy atom. The van der Waals surface area contributed by atoms with Crippen LogP contribution in [-0.4, -0.2) is 103 Å². The van der Waals surface area contributed by atoms with Gasteiger partial charge in [0, 0.05) is 32.9 Å². The first kappa shape index (κ1) is 45.3. The van der Waals surface area contributed by atoms with Gasteiger partial charge in [0.05, 0.1) is 49.7 Å². The monoisotopic (exact) mass is 794 g/mol. The Morgan fingerprint density at radius 2 is 1.77 bits per heavy atom. The van der Waals surface area contributed by atoms with Gasteiger partial charge in [-0.05, 0) is 102 Å². The molecular formula is C43H62N4O10. The Labute approximate surface area is 336 Å². The van der Waals surface area contributed by atoms with E-state index in [9.17, 15) is 24.3 Å². The second-order valence-electron chi connectivity index (χ2n) is 15.5. The minimum Gasteiger partial charge on any atom is -0.494 e. The normalized spacial score (nSPS) is 28.2. The molecule has 0 saturated carbocycles. The van der Waals surface area contributed by atoms with Crippen LogP contribution >= 0.6 is 0 Å². The number of aliphatic hydroxyl groups excluding tert-OH is 1. The number of aliphatic hydroxyl groups is 1. The van der Waals surface area contributed by atoms with Crippen LogP contribution in [0.1, 0.15) is 99.0 Å². The van der Waals surface area contributed by atoms with Crippen LogP contribution in [0.3, 0.4) is 0 Å². The van der Waals surface area contributed by atoms with Crippen LogP contribution in [0.15, 0.2) is 65.3 Å². The molecule has 9 atom stereocenters. The first-order chi connectivity index (χ1) is 27.1. The third-order valence-corrected chi connectivity index (χ3v) is 10.4. The summed E-state index contributed by atoms with van der Waals surface area (Å²) in [5.74, 6) is -0.0427. The predicted molar refractivity (Wildman–Crippen MR) is 215 cm³/mol. The third-order valence-electron chi connectivity index (χ3n) is 10.4. The summed E-state index contributed by atoms with van der Waals surface area (Å²) >= 11 is 0. The molecule has 0 aromatic heterocycles. The van der Waals surface area contributed by atoms with Crippen LogP contribution < -0.4 is 20.8 Å². The highest BCUT2D eigenvalue weighted by molar-refractivity contribution is 5.99. The van der Waals surface area contributed by atoms with Crippen LogP contribution in [0.2, 0.25) is 0 Å². The molecule has 4 rings (SSSR count). The van der Waals surface area contributed by atoms with Crippen LogP contribution in [0.4, 0.5) is 0 Å². The Bertz CT molecular complexity index is 1640. The standard InChI is InChI=1S/C43H62N4O10/c1-27(11-18-38-28(2)23-37(31(5)56-38)45-40(50)20-13-29(3)55-33(7)49)12-19-39-42(52)43(26-54-43)25-36(57-39)24-41(51)47-46-30(4)34-14-16-35(17-15-34)53-22-10-8-9-21-44-32(6)48/h11-17,19-20,28-29,31,36-39,42,52H,8-10,18,21-26H2,1-7H3,(H,44,48)(H,45,50)(H,47,51)/b19-12+,20-13-,27-11+,46-30+/t28-,29-,31+,36+,37+,38-,39+,42+,43+/m0/s1. The minimum absolute atomic E-state index is 0.0154. The van der Waals surface area contributed by atoms with E-state index in [2.05, 4.69) is 34.2 Å². The maximum absolute atomic E-state index is 13.0. The molecule has 1 aromatic rings. The van der Waals surface area contributed by atoms with Crippen molar-refractivity contribution < 1.29 is 48.0 Å². The van der Waals surface area contributed by atoms with Gasteiger partial charge in [0.15, 0.2) is 0 Å². The zero-order valence-electron chi connectivity index (χ0n) is 34.5. The number of amides is 3. The molecule has 0 radical (unpaired) electrons. The van der Waals surface area contributed by atoms with Crippen molar-refractivity contribution in [2.45, 2.75) is 142 Å². The van der Waals surface area contributed by atoms with Crippen molar-refractivity contribution in [1.82, 2.24) is 16.1 Å². The van der Waals surface area contributed by atoms with E-state index in [1.54, 1.807) is 13.0 Å². The lowest BCUT2D eigenvalue weighted by atomic mass is 9.87. The summed E-state index contributed by atoms with van der Waals surface area (Å²) in [5, 5.41) is 21.2. The van der Waals surface area contributed by atoms with Crippen LogP contribution in [-0.2, 0) is 38.1 Å². The fourth-order valence-corrected chi connectivity index (χ4v) is 7.00. The van der Waals surface area contributed by atoms with Crippen LogP contribution in [0, 0.1) is 5.92 Å². The Morgan fingerprint density at radius 1 is 1.04 bits per heavy atom. The highest BCUT2D eigenvalue weighted by Gasteiger charge is 2.58. The second-order valence-corrected chi connectivity index (χ2v) is 15.5. The van der Waals surface area contributed by atoms with Gasteiger partial charge in [-0.3, -0.25) is 19.2 Å². The van der Waals surface area contributed by atoms with E-state index < -0.39 is 36.0 Å². The van der Waals surface area contributed by atoms with Gasteiger partial charge in [-0.25, -0.2) is 5.43 Å². The number of rotatable bonds is 19. The minimum atomic E-state index is -0.863. The van der Waals surface area contributed by atoms with Crippen molar-refractivity contribution in [1.29, 1.82) is 0 Å². The molecule has 14 nitrogen and oxygen atoms in total. The van der Waals surface area contributed by atoms with Gasteiger partial charge >= 0.3 is 5.97 Å². The van der Waals surface area contributed by atoms with E-state index in [-0.39, 0.29) is 48.3 Å². The number of benzene rings is 1. The van der Waals surface area contributed by atoms with Gasteiger partial charge in [0.1, 0.15) is 29.7 Å². The van der Waals surface area contributed by atoms with Gasteiger partial charge in [0.2, 0.25) is 17.7 Å². The van der Waals surface area contributed by atoms with Crippen molar-refractivity contribution in [3.8, 4) is 5.75 Å². The van der Waals surface area contributed by atoms with E-state index in [1.165, 1.54) is 19.9 Å². The fourth-order valence-electron chi connectivity index (χ4n) is 7.00. The lowest BCUT2D eigenvalue weighted by molar-refractivity contribution is -0.145. The molecule has 3 amide bonds. The molecule has 3 aliphatic heterocycles.